The predicted molar refractivity (Wildman–Crippen MR) is 167 cm³/mol. The van der Waals surface area contributed by atoms with Gasteiger partial charge in [0.25, 0.3) is 5.91 Å². The second-order valence-corrected chi connectivity index (χ2v) is 10.4. The fraction of sp³-hybridized carbons (Fsp3) is 0.147. The first-order valence-electron chi connectivity index (χ1n) is 13.6. The number of hydrazone groups is 1. The molecule has 0 aliphatic carbocycles. The molecule has 8 heteroatoms. The number of carbonyl (C=O) groups excluding carboxylic acids is 1. The summed E-state index contributed by atoms with van der Waals surface area (Å²) in [6.45, 7) is 5.30. The van der Waals surface area contributed by atoms with Crippen LogP contribution in [0.4, 0.5) is 0 Å². The molecule has 5 rings (SSSR count). The summed E-state index contributed by atoms with van der Waals surface area (Å²) in [7, 11) is 0. The molecule has 212 valence electrons. The van der Waals surface area contributed by atoms with Gasteiger partial charge >= 0.3 is 0 Å². The van der Waals surface area contributed by atoms with Crippen LogP contribution < -0.4 is 19.6 Å². The van der Waals surface area contributed by atoms with Crippen LogP contribution in [-0.4, -0.2) is 23.7 Å². The molecule has 0 radical (unpaired) electrons. The number of hydrogen-bond donors (Lipinski definition) is 1. The number of rotatable bonds is 12. The molecule has 1 amide bonds. The lowest BCUT2D eigenvalue weighted by Crippen LogP contribution is -2.17. The van der Waals surface area contributed by atoms with E-state index in [1.165, 1.54) is 0 Å². The zero-order valence-electron chi connectivity index (χ0n) is 23.4. The molecule has 1 heterocycles. The molecule has 0 aliphatic rings. The monoisotopic (exact) mass is 577 g/mol. The van der Waals surface area contributed by atoms with E-state index in [2.05, 4.69) is 15.5 Å². The van der Waals surface area contributed by atoms with Crippen LogP contribution in [0, 0.1) is 6.92 Å². The van der Waals surface area contributed by atoms with E-state index in [4.69, 9.17) is 14.2 Å². The quantitative estimate of drug-likeness (QED) is 0.123. The average Bonchev–Trinajstić information content (AvgIpc) is 3.47. The van der Waals surface area contributed by atoms with Crippen molar-refractivity contribution < 1.29 is 19.0 Å². The predicted octanol–water partition coefficient (Wildman–Crippen LogP) is 7.44. The highest BCUT2D eigenvalue weighted by molar-refractivity contribution is 7.09. The van der Waals surface area contributed by atoms with Crippen molar-refractivity contribution in [3.05, 3.63) is 130 Å². The van der Waals surface area contributed by atoms with Crippen molar-refractivity contribution in [1.82, 2.24) is 10.4 Å². The van der Waals surface area contributed by atoms with Gasteiger partial charge < -0.3 is 14.2 Å². The zero-order valence-corrected chi connectivity index (χ0v) is 24.3. The number of nitrogens with zero attached hydrogens (tertiary/aromatic N) is 2. The Kier molecular flexibility index (Phi) is 9.59. The zero-order chi connectivity index (χ0) is 29.1. The van der Waals surface area contributed by atoms with Gasteiger partial charge in [0, 0.05) is 16.5 Å². The van der Waals surface area contributed by atoms with Gasteiger partial charge in [-0.1, -0.05) is 48.5 Å². The molecule has 0 bridgehead atoms. The highest BCUT2D eigenvalue weighted by atomic mass is 32.1. The Morgan fingerprint density at radius 1 is 0.857 bits per heavy atom. The van der Waals surface area contributed by atoms with Crippen molar-refractivity contribution in [3.63, 3.8) is 0 Å². The van der Waals surface area contributed by atoms with Crippen LogP contribution in [0.2, 0.25) is 0 Å². The number of aryl methyl sites for hydroxylation is 1. The number of aromatic nitrogens is 1. The Bertz CT molecular complexity index is 1630. The first-order chi connectivity index (χ1) is 20.6. The molecule has 0 spiro atoms. The number of carbonyl (C=O) groups is 1. The lowest BCUT2D eigenvalue weighted by molar-refractivity contribution is 0.0955. The number of thiazole rings is 1. The minimum atomic E-state index is -0.282. The topological polar surface area (TPSA) is 82.0 Å². The summed E-state index contributed by atoms with van der Waals surface area (Å²) in [5, 5.41) is 7.10. The van der Waals surface area contributed by atoms with E-state index in [0.717, 1.165) is 33.0 Å². The van der Waals surface area contributed by atoms with Crippen LogP contribution in [0.15, 0.2) is 108 Å². The number of amides is 1. The fourth-order valence-electron chi connectivity index (χ4n) is 4.10. The Hall–Kier alpha value is -4.95. The highest BCUT2D eigenvalue weighted by Gasteiger charge is 2.09. The third kappa shape index (κ3) is 7.83. The van der Waals surface area contributed by atoms with Crippen LogP contribution in [0.3, 0.4) is 0 Å². The minimum Gasteiger partial charge on any atom is -0.490 e. The van der Waals surface area contributed by atoms with Crippen LogP contribution in [0.25, 0.3) is 11.3 Å². The third-order valence-electron chi connectivity index (χ3n) is 6.27. The van der Waals surface area contributed by atoms with Crippen molar-refractivity contribution in [2.24, 2.45) is 5.10 Å². The minimum absolute atomic E-state index is 0.282. The largest absolute Gasteiger partial charge is 0.490 e. The number of benzene rings is 4. The number of ether oxygens (including phenoxy) is 3. The molecular formula is C34H31N3O4S. The fourth-order valence-corrected chi connectivity index (χ4v) is 4.72. The summed E-state index contributed by atoms with van der Waals surface area (Å²) < 4.78 is 17.8. The lowest BCUT2D eigenvalue weighted by Gasteiger charge is -2.14. The first kappa shape index (κ1) is 28.6. The Morgan fingerprint density at radius 2 is 1.62 bits per heavy atom. The molecule has 1 aromatic heterocycles. The maximum Gasteiger partial charge on any atom is 0.271 e. The van der Waals surface area contributed by atoms with Crippen molar-refractivity contribution in [2.75, 3.05) is 6.61 Å². The van der Waals surface area contributed by atoms with E-state index in [1.807, 2.05) is 104 Å². The Balaban J connectivity index is 1.11. The molecular weight excluding hydrogens is 546 g/mol. The standard InChI is InChI=1S/C34H31N3O4S/c1-3-39-33-19-27(11-18-32(33)41-21-26-7-5-4-6-8-26)22-40-30-16-9-25(10-17-30)20-35-37-34(38)29-14-12-28(13-15-29)31-23-42-24(2)36-31/h4-20,23H,3,21-22H2,1-2H3,(H,37,38)/b35-20+. The summed E-state index contributed by atoms with van der Waals surface area (Å²) in [6, 6.07) is 30.6. The van der Waals surface area contributed by atoms with Gasteiger partial charge in [-0.15, -0.1) is 11.3 Å². The van der Waals surface area contributed by atoms with Gasteiger partial charge in [-0.05, 0) is 79.1 Å². The second kappa shape index (κ2) is 14.1. The maximum absolute atomic E-state index is 12.5. The van der Waals surface area contributed by atoms with Crippen molar-refractivity contribution in [1.29, 1.82) is 0 Å². The molecule has 1 N–H and O–H groups in total. The van der Waals surface area contributed by atoms with E-state index >= 15 is 0 Å². The van der Waals surface area contributed by atoms with Gasteiger partial charge in [0.1, 0.15) is 19.0 Å². The van der Waals surface area contributed by atoms with E-state index < -0.39 is 0 Å². The normalized spacial score (nSPS) is 10.9. The molecule has 0 saturated carbocycles. The smallest absolute Gasteiger partial charge is 0.271 e. The first-order valence-corrected chi connectivity index (χ1v) is 14.5. The second-order valence-electron chi connectivity index (χ2n) is 9.37. The summed E-state index contributed by atoms with van der Waals surface area (Å²) in [6.07, 6.45) is 1.59. The number of hydrogen-bond acceptors (Lipinski definition) is 7. The van der Waals surface area contributed by atoms with Gasteiger partial charge in [-0.3, -0.25) is 4.79 Å². The molecule has 0 aliphatic heterocycles. The lowest BCUT2D eigenvalue weighted by atomic mass is 10.1. The van der Waals surface area contributed by atoms with Gasteiger partial charge in [0.2, 0.25) is 0 Å². The van der Waals surface area contributed by atoms with E-state index in [9.17, 15) is 4.79 Å². The maximum atomic E-state index is 12.5. The van der Waals surface area contributed by atoms with E-state index in [0.29, 0.717) is 42.6 Å². The summed E-state index contributed by atoms with van der Waals surface area (Å²) in [4.78, 5) is 16.9. The van der Waals surface area contributed by atoms with Crippen LogP contribution in [0.5, 0.6) is 17.2 Å². The highest BCUT2D eigenvalue weighted by Crippen LogP contribution is 2.30. The molecule has 7 nitrogen and oxygen atoms in total. The Morgan fingerprint density at radius 3 is 2.33 bits per heavy atom. The number of nitrogens with one attached hydrogen (secondary N) is 1. The van der Waals surface area contributed by atoms with Gasteiger partial charge in [0.15, 0.2) is 11.5 Å². The summed E-state index contributed by atoms with van der Waals surface area (Å²) in [5.41, 5.74) is 7.87. The molecule has 0 fully saturated rings. The molecule has 4 aromatic carbocycles. The van der Waals surface area contributed by atoms with Crippen molar-refractivity contribution >= 4 is 23.5 Å². The van der Waals surface area contributed by atoms with Gasteiger partial charge in [-0.25, -0.2) is 10.4 Å². The van der Waals surface area contributed by atoms with Gasteiger partial charge in [-0.2, -0.15) is 5.10 Å². The summed E-state index contributed by atoms with van der Waals surface area (Å²) in [5.74, 6) is 1.82. The van der Waals surface area contributed by atoms with E-state index in [1.54, 1.807) is 29.7 Å². The van der Waals surface area contributed by atoms with Crippen LogP contribution in [0.1, 0.15) is 39.0 Å². The van der Waals surface area contributed by atoms with Crippen LogP contribution >= 0.6 is 11.3 Å². The van der Waals surface area contributed by atoms with Crippen LogP contribution in [-0.2, 0) is 13.2 Å². The van der Waals surface area contributed by atoms with Crippen molar-refractivity contribution in [2.45, 2.75) is 27.1 Å². The molecule has 0 saturated heterocycles. The third-order valence-corrected chi connectivity index (χ3v) is 7.05. The Labute approximate surface area is 249 Å². The van der Waals surface area contributed by atoms with Gasteiger partial charge in [0.05, 0.1) is 23.5 Å². The van der Waals surface area contributed by atoms with E-state index in [-0.39, 0.29) is 5.91 Å². The summed E-state index contributed by atoms with van der Waals surface area (Å²) >= 11 is 1.60. The molecule has 0 unspecified atom stereocenters. The molecule has 0 atom stereocenters. The average molecular weight is 578 g/mol. The molecule has 42 heavy (non-hydrogen) atoms. The SMILES string of the molecule is CCOc1cc(COc2ccc(/C=N/NC(=O)c3ccc(-c4csc(C)n4)cc3)cc2)ccc1OCc1ccccc1. The van der Waals surface area contributed by atoms with Crippen molar-refractivity contribution in [3.8, 4) is 28.5 Å². The molecule has 5 aromatic rings.